The van der Waals surface area contributed by atoms with Crippen LogP contribution in [0.3, 0.4) is 0 Å². The van der Waals surface area contributed by atoms with Gasteiger partial charge in [-0.3, -0.25) is 10.1 Å². The van der Waals surface area contributed by atoms with Crippen LogP contribution < -0.4 is 11.1 Å². The van der Waals surface area contributed by atoms with Crippen LogP contribution in [-0.4, -0.2) is 11.5 Å². The third-order valence-corrected chi connectivity index (χ3v) is 1.58. The van der Waals surface area contributed by atoms with Crippen molar-refractivity contribution in [3.8, 4) is 0 Å². The fourth-order valence-electron chi connectivity index (χ4n) is 1.04. The Bertz CT molecular complexity index is 325. The first-order valence-corrected chi connectivity index (χ1v) is 3.93. The Morgan fingerprint density at radius 2 is 2.31 bits per heavy atom. The predicted octanol–water partition coefficient (Wildman–Crippen LogP) is 1.61. The number of nitrogens with one attached hydrogen (secondary N) is 1. The maximum absolute atomic E-state index is 10.5. The number of rotatable bonds is 3. The first kappa shape index (κ1) is 9.31. The second-order valence-corrected chi connectivity index (χ2v) is 2.56. The molecule has 70 valence electrons. The topological polar surface area (TPSA) is 81.2 Å². The Labute approximate surface area is 75.7 Å². The Hall–Kier alpha value is -1.78. The number of anilines is 2. The number of nitrogen functional groups attached to an aromatic ring is 1. The van der Waals surface area contributed by atoms with Gasteiger partial charge in [-0.2, -0.15) is 0 Å². The van der Waals surface area contributed by atoms with E-state index < -0.39 is 4.92 Å². The predicted molar refractivity (Wildman–Crippen MR) is 51.7 cm³/mol. The van der Waals surface area contributed by atoms with Crippen molar-refractivity contribution in [2.75, 3.05) is 17.6 Å². The molecule has 0 aliphatic heterocycles. The molecule has 0 radical (unpaired) electrons. The van der Waals surface area contributed by atoms with E-state index in [-0.39, 0.29) is 5.69 Å². The van der Waals surface area contributed by atoms with E-state index in [0.29, 0.717) is 17.9 Å². The minimum Gasteiger partial charge on any atom is -0.399 e. The smallest absolute Gasteiger partial charge is 0.292 e. The average molecular weight is 181 g/mol. The Balaban J connectivity index is 3.10. The third kappa shape index (κ3) is 2.08. The lowest BCUT2D eigenvalue weighted by atomic mass is 10.2. The van der Waals surface area contributed by atoms with Gasteiger partial charge in [0.25, 0.3) is 5.69 Å². The maximum Gasteiger partial charge on any atom is 0.292 e. The average Bonchev–Trinajstić information content (AvgIpc) is 2.04. The molecule has 0 aromatic heterocycles. The van der Waals surface area contributed by atoms with E-state index in [1.807, 2.05) is 6.92 Å². The fourth-order valence-corrected chi connectivity index (χ4v) is 1.04. The molecule has 0 unspecified atom stereocenters. The van der Waals surface area contributed by atoms with Crippen molar-refractivity contribution in [1.29, 1.82) is 0 Å². The van der Waals surface area contributed by atoms with E-state index in [1.165, 1.54) is 12.1 Å². The highest BCUT2D eigenvalue weighted by molar-refractivity contribution is 5.67. The highest BCUT2D eigenvalue weighted by Gasteiger charge is 2.11. The molecule has 0 spiro atoms. The number of hydrogen-bond donors (Lipinski definition) is 2. The van der Waals surface area contributed by atoms with E-state index >= 15 is 0 Å². The molecular formula is C8H11N3O2. The number of nitrogens with zero attached hydrogens (tertiary/aromatic N) is 1. The van der Waals surface area contributed by atoms with Gasteiger partial charge in [-0.25, -0.2) is 0 Å². The van der Waals surface area contributed by atoms with E-state index in [2.05, 4.69) is 5.32 Å². The zero-order valence-electron chi connectivity index (χ0n) is 7.28. The molecule has 5 heteroatoms. The summed E-state index contributed by atoms with van der Waals surface area (Å²) in [7, 11) is 0. The Kier molecular flexibility index (Phi) is 2.69. The molecule has 0 aliphatic rings. The summed E-state index contributed by atoms with van der Waals surface area (Å²) in [5.41, 5.74) is 6.53. The van der Waals surface area contributed by atoms with Gasteiger partial charge in [0.15, 0.2) is 0 Å². The normalized spacial score (nSPS) is 9.62. The molecule has 0 heterocycles. The summed E-state index contributed by atoms with van der Waals surface area (Å²) in [6.07, 6.45) is 0. The zero-order valence-corrected chi connectivity index (χ0v) is 7.28. The van der Waals surface area contributed by atoms with E-state index in [0.717, 1.165) is 0 Å². The second-order valence-electron chi connectivity index (χ2n) is 2.56. The minimum atomic E-state index is -0.433. The van der Waals surface area contributed by atoms with Crippen molar-refractivity contribution < 1.29 is 4.92 Å². The number of benzene rings is 1. The molecule has 1 aromatic carbocycles. The lowest BCUT2D eigenvalue weighted by molar-refractivity contribution is -0.383. The molecule has 0 atom stereocenters. The summed E-state index contributed by atoms with van der Waals surface area (Å²) in [4.78, 5) is 10.1. The number of nitro groups is 1. The summed E-state index contributed by atoms with van der Waals surface area (Å²) in [5, 5.41) is 13.4. The molecule has 1 rings (SSSR count). The number of nitrogens with two attached hydrogens (primary N) is 1. The molecule has 13 heavy (non-hydrogen) atoms. The molecule has 3 N–H and O–H groups in total. The fraction of sp³-hybridized carbons (Fsp3) is 0.250. The second kappa shape index (κ2) is 3.75. The van der Waals surface area contributed by atoms with Crippen LogP contribution >= 0.6 is 0 Å². The van der Waals surface area contributed by atoms with Gasteiger partial charge in [-0.1, -0.05) is 0 Å². The van der Waals surface area contributed by atoms with Crippen LogP contribution in [0.5, 0.6) is 0 Å². The van der Waals surface area contributed by atoms with E-state index in [4.69, 9.17) is 5.73 Å². The van der Waals surface area contributed by atoms with Gasteiger partial charge >= 0.3 is 0 Å². The molecule has 0 aliphatic carbocycles. The summed E-state index contributed by atoms with van der Waals surface area (Å²) in [6.45, 7) is 2.50. The number of hydrogen-bond acceptors (Lipinski definition) is 4. The summed E-state index contributed by atoms with van der Waals surface area (Å²) < 4.78 is 0. The van der Waals surface area contributed by atoms with Crippen LogP contribution in [0.15, 0.2) is 18.2 Å². The monoisotopic (exact) mass is 181 g/mol. The van der Waals surface area contributed by atoms with Crippen LogP contribution in [0.4, 0.5) is 17.1 Å². The molecule has 1 aromatic rings. The Morgan fingerprint density at radius 1 is 1.62 bits per heavy atom. The molecular weight excluding hydrogens is 170 g/mol. The number of nitro benzene ring substituents is 1. The van der Waals surface area contributed by atoms with Gasteiger partial charge in [0.2, 0.25) is 0 Å². The highest BCUT2D eigenvalue weighted by Crippen LogP contribution is 2.25. The largest absolute Gasteiger partial charge is 0.399 e. The van der Waals surface area contributed by atoms with Gasteiger partial charge in [-0.05, 0) is 19.1 Å². The molecule has 0 saturated carbocycles. The van der Waals surface area contributed by atoms with Crippen LogP contribution in [0.1, 0.15) is 6.92 Å². The lowest BCUT2D eigenvalue weighted by Crippen LogP contribution is -2.01. The van der Waals surface area contributed by atoms with Gasteiger partial charge in [-0.15, -0.1) is 0 Å². The van der Waals surface area contributed by atoms with Gasteiger partial charge in [0.1, 0.15) is 5.69 Å². The van der Waals surface area contributed by atoms with E-state index in [1.54, 1.807) is 6.07 Å². The molecule has 0 bridgehead atoms. The van der Waals surface area contributed by atoms with Crippen LogP contribution in [-0.2, 0) is 0 Å². The standard InChI is InChI=1S/C8H11N3O2/c1-2-10-7-5-6(9)3-4-8(7)11(12)13/h3-5,10H,2,9H2,1H3. The molecule has 0 amide bonds. The van der Waals surface area contributed by atoms with Crippen molar-refractivity contribution in [2.45, 2.75) is 6.92 Å². The van der Waals surface area contributed by atoms with Crippen LogP contribution in [0, 0.1) is 10.1 Å². The highest BCUT2D eigenvalue weighted by atomic mass is 16.6. The van der Waals surface area contributed by atoms with Crippen molar-refractivity contribution in [3.05, 3.63) is 28.3 Å². The minimum absolute atomic E-state index is 0.0519. The first-order valence-electron chi connectivity index (χ1n) is 3.93. The zero-order chi connectivity index (χ0) is 9.84. The van der Waals surface area contributed by atoms with E-state index in [9.17, 15) is 10.1 Å². The molecule has 0 fully saturated rings. The van der Waals surface area contributed by atoms with Crippen molar-refractivity contribution in [2.24, 2.45) is 0 Å². The van der Waals surface area contributed by atoms with Gasteiger partial charge in [0.05, 0.1) is 4.92 Å². The molecule has 0 saturated heterocycles. The third-order valence-electron chi connectivity index (χ3n) is 1.58. The molecule has 5 nitrogen and oxygen atoms in total. The van der Waals surface area contributed by atoms with Gasteiger partial charge in [0, 0.05) is 18.3 Å². The summed E-state index contributed by atoms with van der Waals surface area (Å²) in [6, 6.07) is 4.47. The van der Waals surface area contributed by atoms with Gasteiger partial charge < -0.3 is 11.1 Å². The SMILES string of the molecule is CCNc1cc(N)ccc1[N+](=O)[O-]. The lowest BCUT2D eigenvalue weighted by Gasteiger charge is -2.04. The summed E-state index contributed by atoms with van der Waals surface area (Å²) >= 11 is 0. The first-order chi connectivity index (χ1) is 6.15. The van der Waals surface area contributed by atoms with Crippen molar-refractivity contribution in [3.63, 3.8) is 0 Å². The quantitative estimate of drug-likeness (QED) is 0.421. The van der Waals surface area contributed by atoms with Crippen LogP contribution in [0.2, 0.25) is 0 Å². The Morgan fingerprint density at radius 3 is 2.85 bits per heavy atom. The summed E-state index contributed by atoms with van der Waals surface area (Å²) in [5.74, 6) is 0. The van der Waals surface area contributed by atoms with Crippen molar-refractivity contribution >= 4 is 17.1 Å². The van der Waals surface area contributed by atoms with Crippen molar-refractivity contribution in [1.82, 2.24) is 0 Å². The maximum atomic E-state index is 10.5. The van der Waals surface area contributed by atoms with Crippen LogP contribution in [0.25, 0.3) is 0 Å².